The lowest BCUT2D eigenvalue weighted by atomic mass is 9.33. The van der Waals surface area contributed by atoms with Crippen molar-refractivity contribution in [2.24, 2.45) is 50.2 Å². The van der Waals surface area contributed by atoms with Crippen molar-refractivity contribution in [3.8, 4) is 0 Å². The molecule has 0 aromatic rings. The number of fused-ring (bicyclic) bond motifs is 7. The van der Waals surface area contributed by atoms with Gasteiger partial charge in [-0.2, -0.15) is 0 Å². The van der Waals surface area contributed by atoms with Crippen molar-refractivity contribution >= 4 is 12.3 Å². The summed E-state index contributed by atoms with van der Waals surface area (Å²) in [5.74, 6) is 1.49. The monoisotopic (exact) mass is 482 g/mol. The summed E-state index contributed by atoms with van der Waals surface area (Å²) in [4.78, 5) is 24.5. The number of aldehydes is 1. The van der Waals surface area contributed by atoms with Crippen molar-refractivity contribution in [1.29, 1.82) is 0 Å². The molecule has 0 aromatic heterocycles. The first-order valence-electron chi connectivity index (χ1n) is 14.5. The van der Waals surface area contributed by atoms with Gasteiger partial charge in [0.2, 0.25) is 0 Å². The van der Waals surface area contributed by atoms with Gasteiger partial charge in [0.1, 0.15) is 12.4 Å². The van der Waals surface area contributed by atoms with E-state index in [0.717, 1.165) is 44.9 Å². The van der Waals surface area contributed by atoms with Crippen LogP contribution in [0.3, 0.4) is 0 Å². The fourth-order valence-corrected chi connectivity index (χ4v) is 10.9. The highest BCUT2D eigenvalue weighted by atomic mass is 16.5. The SMILES string of the molecule is CC(=O)O[C@H]1CC[C@@]2(C)[C@H](CC[C@]3(C)[C@H]2CC=C2[C@@H]4CC(C)(C)CC[C@]4(C=O)CC[C@]23C)C1(C)C. The smallest absolute Gasteiger partial charge is 0.302 e. The maximum absolute atomic E-state index is 12.6. The first kappa shape index (κ1) is 25.5. The highest BCUT2D eigenvalue weighted by Gasteiger charge is 2.68. The van der Waals surface area contributed by atoms with Gasteiger partial charge in [-0.25, -0.2) is 0 Å². The van der Waals surface area contributed by atoms with Gasteiger partial charge < -0.3 is 9.53 Å². The molecule has 3 heteroatoms. The van der Waals surface area contributed by atoms with Crippen LogP contribution in [0, 0.1) is 50.2 Å². The van der Waals surface area contributed by atoms with Crippen molar-refractivity contribution in [3.63, 3.8) is 0 Å². The number of hydrogen-bond acceptors (Lipinski definition) is 3. The van der Waals surface area contributed by atoms with E-state index in [2.05, 4.69) is 54.5 Å². The van der Waals surface area contributed by atoms with E-state index in [1.807, 2.05) is 0 Å². The molecule has 0 N–H and O–H groups in total. The van der Waals surface area contributed by atoms with E-state index in [1.165, 1.54) is 25.5 Å². The van der Waals surface area contributed by atoms with E-state index in [-0.39, 0.29) is 39.1 Å². The van der Waals surface area contributed by atoms with Crippen molar-refractivity contribution in [3.05, 3.63) is 11.6 Å². The lowest BCUT2D eigenvalue weighted by molar-refractivity contribution is -0.211. The number of esters is 1. The molecular formula is C32H50O3. The summed E-state index contributed by atoms with van der Waals surface area (Å²) in [7, 11) is 0. The maximum Gasteiger partial charge on any atom is 0.302 e. The summed E-state index contributed by atoms with van der Waals surface area (Å²) in [6, 6.07) is 0. The van der Waals surface area contributed by atoms with Gasteiger partial charge in [-0.15, -0.1) is 0 Å². The predicted molar refractivity (Wildman–Crippen MR) is 141 cm³/mol. The second-order valence-corrected chi connectivity index (χ2v) is 15.5. The van der Waals surface area contributed by atoms with Gasteiger partial charge in [-0.05, 0) is 104 Å². The number of rotatable bonds is 2. The van der Waals surface area contributed by atoms with E-state index >= 15 is 0 Å². The van der Waals surface area contributed by atoms with Crippen molar-refractivity contribution in [1.82, 2.24) is 0 Å². The molecule has 0 amide bonds. The van der Waals surface area contributed by atoms with Gasteiger partial charge in [-0.3, -0.25) is 4.79 Å². The van der Waals surface area contributed by atoms with E-state index < -0.39 is 0 Å². The van der Waals surface area contributed by atoms with Gasteiger partial charge >= 0.3 is 5.97 Å². The Kier molecular flexibility index (Phi) is 5.62. The second-order valence-electron chi connectivity index (χ2n) is 15.5. The zero-order valence-corrected chi connectivity index (χ0v) is 23.8. The van der Waals surface area contributed by atoms with Crippen LogP contribution in [0.5, 0.6) is 0 Å². The summed E-state index contributed by atoms with van der Waals surface area (Å²) < 4.78 is 5.89. The standard InChI is InChI=1S/C32H50O3/c1-21(34)35-26-12-13-29(6)24(28(26,4)5)11-14-31(8)25(29)10-9-22-23-19-27(2,3)15-17-32(23,20-33)18-16-30(22,31)7/h9,20,23-26H,10-19H2,1-8H3/t23-,24+,25-,26-,29-,30+,31+,32+/m0/s1. The van der Waals surface area contributed by atoms with Crippen molar-refractivity contribution in [2.45, 2.75) is 126 Å². The van der Waals surface area contributed by atoms with Crippen LogP contribution in [0.2, 0.25) is 0 Å². The highest BCUT2D eigenvalue weighted by Crippen LogP contribution is 2.75. The molecule has 0 radical (unpaired) electrons. The Morgan fingerprint density at radius 1 is 0.914 bits per heavy atom. The van der Waals surface area contributed by atoms with E-state index in [0.29, 0.717) is 23.2 Å². The van der Waals surface area contributed by atoms with Crippen LogP contribution in [-0.2, 0) is 14.3 Å². The molecule has 3 nitrogen and oxygen atoms in total. The molecule has 5 aliphatic carbocycles. The normalized spacial score (nSPS) is 49.9. The number of allylic oxidation sites excluding steroid dienone is 2. The minimum absolute atomic E-state index is 0.00245. The Morgan fingerprint density at radius 3 is 2.26 bits per heavy atom. The van der Waals surface area contributed by atoms with Crippen LogP contribution in [0.25, 0.3) is 0 Å². The number of ether oxygens (including phenoxy) is 1. The molecule has 4 saturated carbocycles. The molecule has 0 bridgehead atoms. The minimum Gasteiger partial charge on any atom is -0.462 e. The topological polar surface area (TPSA) is 43.4 Å². The highest BCUT2D eigenvalue weighted by molar-refractivity contribution is 5.66. The Balaban J connectivity index is 1.54. The molecule has 0 spiro atoms. The second kappa shape index (κ2) is 7.70. The average molecular weight is 483 g/mol. The molecule has 5 rings (SSSR count). The van der Waals surface area contributed by atoms with E-state index in [1.54, 1.807) is 12.5 Å². The summed E-state index contributed by atoms with van der Waals surface area (Å²) in [5.41, 5.74) is 2.51. The lowest BCUT2D eigenvalue weighted by Crippen LogP contribution is -2.65. The third kappa shape index (κ3) is 3.34. The fourth-order valence-electron chi connectivity index (χ4n) is 10.9. The van der Waals surface area contributed by atoms with Crippen LogP contribution >= 0.6 is 0 Å². The average Bonchev–Trinajstić information content (AvgIpc) is 2.76. The van der Waals surface area contributed by atoms with Crippen LogP contribution in [0.1, 0.15) is 120 Å². The molecular weight excluding hydrogens is 432 g/mol. The zero-order valence-electron chi connectivity index (χ0n) is 23.8. The number of carbonyl (C=O) groups is 2. The minimum atomic E-state index is -0.138. The van der Waals surface area contributed by atoms with Gasteiger partial charge in [0.15, 0.2) is 0 Å². The van der Waals surface area contributed by atoms with Crippen molar-refractivity contribution in [2.75, 3.05) is 0 Å². The molecule has 0 aliphatic heterocycles. The fraction of sp³-hybridized carbons (Fsp3) is 0.875. The third-order valence-corrected chi connectivity index (χ3v) is 13.2. The molecule has 8 atom stereocenters. The van der Waals surface area contributed by atoms with E-state index in [4.69, 9.17) is 4.74 Å². The lowest BCUT2D eigenvalue weighted by Gasteiger charge is -2.71. The molecule has 0 heterocycles. The third-order valence-electron chi connectivity index (χ3n) is 13.2. The van der Waals surface area contributed by atoms with Crippen molar-refractivity contribution < 1.29 is 14.3 Å². The molecule has 0 aromatic carbocycles. The van der Waals surface area contributed by atoms with E-state index in [9.17, 15) is 9.59 Å². The van der Waals surface area contributed by atoms with Gasteiger partial charge in [0.05, 0.1) is 0 Å². The molecule has 0 saturated heterocycles. The van der Waals surface area contributed by atoms with Gasteiger partial charge in [-0.1, -0.05) is 60.1 Å². The summed E-state index contributed by atoms with van der Waals surface area (Å²) in [5, 5.41) is 0. The summed E-state index contributed by atoms with van der Waals surface area (Å²) >= 11 is 0. The van der Waals surface area contributed by atoms with Gasteiger partial charge in [0, 0.05) is 17.8 Å². The summed E-state index contributed by atoms with van der Waals surface area (Å²) in [6.45, 7) is 18.9. The largest absolute Gasteiger partial charge is 0.462 e. The Bertz CT molecular complexity index is 944. The Labute approximate surface area is 214 Å². The van der Waals surface area contributed by atoms with Crippen LogP contribution in [0.4, 0.5) is 0 Å². The first-order valence-corrected chi connectivity index (χ1v) is 14.5. The molecule has 4 fully saturated rings. The first-order chi connectivity index (χ1) is 16.2. The maximum atomic E-state index is 12.6. The summed E-state index contributed by atoms with van der Waals surface area (Å²) in [6.07, 6.45) is 15.4. The molecule has 0 unspecified atom stereocenters. The number of hydrogen-bond donors (Lipinski definition) is 0. The van der Waals surface area contributed by atoms with Gasteiger partial charge in [0.25, 0.3) is 0 Å². The number of carbonyl (C=O) groups excluding carboxylic acids is 2. The van der Waals surface area contributed by atoms with Crippen LogP contribution < -0.4 is 0 Å². The quantitative estimate of drug-likeness (QED) is 0.228. The molecule has 196 valence electrons. The van der Waals surface area contributed by atoms with Crippen LogP contribution in [0.15, 0.2) is 11.6 Å². The zero-order chi connectivity index (χ0) is 25.7. The Morgan fingerprint density at radius 2 is 1.60 bits per heavy atom. The predicted octanol–water partition coefficient (Wildman–Crippen LogP) is 7.92. The molecule has 5 aliphatic rings. The molecule has 35 heavy (non-hydrogen) atoms. The Hall–Kier alpha value is -1.12. The van der Waals surface area contributed by atoms with Crippen LogP contribution in [-0.4, -0.2) is 18.4 Å².